The average molecular weight is 1370 g/mol. The van der Waals surface area contributed by atoms with Crippen molar-refractivity contribution < 1.29 is 77.0 Å². The van der Waals surface area contributed by atoms with Crippen molar-refractivity contribution >= 4 is 47.8 Å². The Morgan fingerprint density at radius 1 is 0.250 bits per heavy atom. The summed E-state index contributed by atoms with van der Waals surface area (Å²) in [6.45, 7) is 11.0. The van der Waals surface area contributed by atoms with Gasteiger partial charge in [0.25, 0.3) is 0 Å². The molecule has 96 heavy (non-hydrogen) atoms. The van der Waals surface area contributed by atoms with E-state index < -0.39 is 47.9 Å². The number of aliphatic carboxylic acids is 2. The molecule has 564 valence electrons. The number of esters is 6. The van der Waals surface area contributed by atoms with Crippen LogP contribution in [-0.4, -0.2) is 96.6 Å². The third-order valence-corrected chi connectivity index (χ3v) is 18.0. The Morgan fingerprint density at radius 3 is 0.646 bits per heavy atom. The Morgan fingerprint density at radius 2 is 0.448 bits per heavy atom. The smallest absolute Gasteiger partial charge is 0.309 e. The van der Waals surface area contributed by atoms with Crippen LogP contribution in [0.3, 0.4) is 0 Å². The minimum absolute atomic E-state index is 0.226. The van der Waals surface area contributed by atoms with Crippen LogP contribution in [0.15, 0.2) is 0 Å². The van der Waals surface area contributed by atoms with Crippen molar-refractivity contribution in [1.82, 2.24) is 0 Å². The summed E-state index contributed by atoms with van der Waals surface area (Å²) in [5.74, 6) is -6.94. The number of unbranched alkanes of at least 4 members (excludes halogenated alkanes) is 48. The fraction of sp³-hybridized carbons (Fsp3) is 0.900. The lowest BCUT2D eigenvalue weighted by Gasteiger charge is -2.20. The number of ether oxygens (including phenoxy) is 6. The lowest BCUT2D eigenvalue weighted by Crippen LogP contribution is -2.33. The number of rotatable bonds is 72. The van der Waals surface area contributed by atoms with Gasteiger partial charge in [0.15, 0.2) is 12.2 Å². The van der Waals surface area contributed by atoms with Crippen molar-refractivity contribution in [1.29, 1.82) is 0 Å². The van der Waals surface area contributed by atoms with Crippen LogP contribution in [0.2, 0.25) is 0 Å². The summed E-state index contributed by atoms with van der Waals surface area (Å²) < 4.78 is 32.2. The minimum atomic E-state index is -1.11. The van der Waals surface area contributed by atoms with Crippen molar-refractivity contribution in [3.63, 3.8) is 0 Å². The van der Waals surface area contributed by atoms with E-state index in [-0.39, 0.29) is 88.8 Å². The first-order chi connectivity index (χ1) is 46.6. The topological polar surface area (TPSA) is 232 Å². The highest BCUT2D eigenvalue weighted by molar-refractivity contribution is 5.79. The highest BCUT2D eigenvalue weighted by Gasteiger charge is 2.26. The normalized spacial score (nSPS) is 11.8. The van der Waals surface area contributed by atoms with Crippen molar-refractivity contribution in [2.24, 2.45) is 11.8 Å². The van der Waals surface area contributed by atoms with Gasteiger partial charge >= 0.3 is 47.8 Å². The molecule has 0 saturated heterocycles. The molecule has 0 amide bonds. The number of carbonyl (C=O) groups excluding carboxylic acids is 6. The largest absolute Gasteiger partial charge is 0.481 e. The van der Waals surface area contributed by atoms with Crippen LogP contribution >= 0.6 is 0 Å². The molecule has 2 atom stereocenters. The molecule has 0 spiro atoms. The van der Waals surface area contributed by atoms with E-state index in [1.165, 1.54) is 271 Å². The molecule has 0 aliphatic carbocycles. The fourth-order valence-corrected chi connectivity index (χ4v) is 11.6. The van der Waals surface area contributed by atoms with Gasteiger partial charge in [-0.05, 0) is 25.7 Å². The Kier molecular flexibility index (Phi) is 71.8. The maximum Gasteiger partial charge on any atom is 0.309 e. The Bertz CT molecular complexity index is 1730. The van der Waals surface area contributed by atoms with Gasteiger partial charge in [-0.1, -0.05) is 350 Å². The first kappa shape index (κ1) is 93.8. The number of hydrogen-bond donors (Lipinski definition) is 2. The molecule has 0 aliphatic rings. The van der Waals surface area contributed by atoms with E-state index in [9.17, 15) is 38.4 Å². The predicted octanol–water partition coefficient (Wildman–Crippen LogP) is 22.1. The molecule has 0 saturated carbocycles. The fourth-order valence-electron chi connectivity index (χ4n) is 11.6. The second kappa shape index (κ2) is 73.5. The molecule has 0 aromatic rings. The van der Waals surface area contributed by atoms with E-state index >= 15 is 0 Å². The van der Waals surface area contributed by atoms with Crippen molar-refractivity contribution in [3.8, 4) is 0 Å². The van der Waals surface area contributed by atoms with Gasteiger partial charge < -0.3 is 38.6 Å². The highest BCUT2D eigenvalue weighted by Crippen LogP contribution is 2.19. The molecule has 16 heteroatoms. The van der Waals surface area contributed by atoms with Crippen LogP contribution in [0.5, 0.6) is 0 Å². The minimum Gasteiger partial charge on any atom is -0.481 e. The zero-order valence-corrected chi connectivity index (χ0v) is 62.8. The maximum absolute atomic E-state index is 12.4. The molecule has 0 bridgehead atoms. The molecule has 0 rings (SSSR count). The number of hydrogen-bond acceptors (Lipinski definition) is 14. The van der Waals surface area contributed by atoms with Gasteiger partial charge in [0, 0.05) is 25.7 Å². The maximum atomic E-state index is 12.4. The lowest BCUT2D eigenvalue weighted by molar-refractivity contribution is -0.170. The summed E-state index contributed by atoms with van der Waals surface area (Å²) in [6.07, 6.45) is 62.1. The zero-order valence-electron chi connectivity index (χ0n) is 62.8. The Balaban J connectivity index is 0. The third kappa shape index (κ3) is 71.1. The van der Waals surface area contributed by atoms with E-state index in [0.29, 0.717) is 0 Å². The molecule has 2 N–H and O–H groups in total. The quantitative estimate of drug-likeness (QED) is 0.0327. The Labute approximate surface area is 586 Å². The van der Waals surface area contributed by atoms with Crippen molar-refractivity contribution in [3.05, 3.63) is 0 Å². The first-order valence-electron chi connectivity index (χ1n) is 40.1. The van der Waals surface area contributed by atoms with E-state index in [1.807, 2.05) is 0 Å². The van der Waals surface area contributed by atoms with Crippen LogP contribution in [-0.2, 0) is 66.8 Å². The van der Waals surface area contributed by atoms with Gasteiger partial charge in [0.05, 0.1) is 24.7 Å². The number of carbonyl (C=O) groups is 8. The summed E-state index contributed by atoms with van der Waals surface area (Å²) in [5, 5.41) is 18.1. The van der Waals surface area contributed by atoms with Crippen LogP contribution < -0.4 is 0 Å². The second-order valence-electron chi connectivity index (χ2n) is 27.8. The van der Waals surface area contributed by atoms with Crippen molar-refractivity contribution in [2.45, 2.75) is 426 Å². The van der Waals surface area contributed by atoms with E-state index in [0.717, 1.165) is 77.0 Å². The van der Waals surface area contributed by atoms with E-state index in [4.69, 9.17) is 38.6 Å². The molecular weight excluding hydrogens is 1220 g/mol. The van der Waals surface area contributed by atoms with E-state index in [2.05, 4.69) is 27.7 Å². The molecule has 0 aliphatic heterocycles. The number of carboxylic acids is 2. The van der Waals surface area contributed by atoms with Crippen molar-refractivity contribution in [2.75, 3.05) is 26.4 Å². The molecular formula is C80H148O16. The SMILES string of the molecule is CCCCCCCCCCCCCCCC(=O)OCC(COC(=O)CCCCCCCCCCCCCCC)OC(=O)C(C)CC(=O)O.CCCCCCCCCCCCCCCC(=O)OCC(COC(=O)CCCCCCCCCCCCCCC)OC(=O)CC(C)C(=O)O. The summed E-state index contributed by atoms with van der Waals surface area (Å²) in [6, 6.07) is 0. The number of carboxylic acid groups (broad SMARTS) is 2. The average Bonchev–Trinajstić information content (AvgIpc) is 1.40. The summed E-state index contributed by atoms with van der Waals surface area (Å²) in [4.78, 5) is 96.3. The first-order valence-corrected chi connectivity index (χ1v) is 40.1. The van der Waals surface area contributed by atoms with Gasteiger partial charge in [0.1, 0.15) is 26.4 Å². The van der Waals surface area contributed by atoms with Crippen LogP contribution in [0.25, 0.3) is 0 Å². The molecule has 0 aromatic heterocycles. The standard InChI is InChI=1S/2C40H74O8/c1-4-6-8-10-12-14-16-18-20-22-24-26-28-30-38(43)46-33-36(48-40(45)35(3)32-37(41)42)34-47-39(44)31-29-27-25-23-21-19-17-15-13-11-9-7-5-2;1-4-6-8-10-12-14-16-18-20-22-24-26-28-30-37(41)46-33-36(48-39(43)32-35(3)40(44)45)34-47-38(42)31-29-27-25-23-21-19-17-15-13-11-9-7-5-2/h35-36H,4-34H2,1-3H3,(H,41,42);35-36H,4-34H2,1-3H3,(H,44,45). The molecule has 0 radical (unpaired) electrons. The molecule has 16 nitrogen and oxygen atoms in total. The molecule has 2 unspecified atom stereocenters. The summed E-state index contributed by atoms with van der Waals surface area (Å²) in [5.41, 5.74) is 0. The van der Waals surface area contributed by atoms with Gasteiger partial charge in [-0.15, -0.1) is 0 Å². The van der Waals surface area contributed by atoms with Crippen LogP contribution in [0.4, 0.5) is 0 Å². The molecule has 0 aromatic carbocycles. The van der Waals surface area contributed by atoms with Gasteiger partial charge in [-0.25, -0.2) is 0 Å². The van der Waals surface area contributed by atoms with Gasteiger partial charge in [-0.2, -0.15) is 0 Å². The molecule has 0 fully saturated rings. The highest BCUT2D eigenvalue weighted by atomic mass is 16.6. The summed E-state index contributed by atoms with van der Waals surface area (Å²) >= 11 is 0. The summed E-state index contributed by atoms with van der Waals surface area (Å²) in [7, 11) is 0. The van der Waals surface area contributed by atoms with Gasteiger partial charge in [0.2, 0.25) is 0 Å². The van der Waals surface area contributed by atoms with Gasteiger partial charge in [-0.3, -0.25) is 38.4 Å². The lowest BCUT2D eigenvalue weighted by atomic mass is 10.0. The second-order valence-corrected chi connectivity index (χ2v) is 27.8. The van der Waals surface area contributed by atoms with Crippen LogP contribution in [0.1, 0.15) is 414 Å². The Hall–Kier alpha value is -4.24. The molecule has 0 heterocycles. The third-order valence-electron chi connectivity index (χ3n) is 18.0. The predicted molar refractivity (Wildman–Crippen MR) is 388 cm³/mol. The van der Waals surface area contributed by atoms with Crippen LogP contribution in [0, 0.1) is 11.8 Å². The zero-order chi connectivity index (χ0) is 71.0. The monoisotopic (exact) mass is 1370 g/mol. The van der Waals surface area contributed by atoms with E-state index in [1.54, 1.807) is 0 Å².